The van der Waals surface area contributed by atoms with Crippen LogP contribution in [0.2, 0.25) is 0 Å². The number of aromatic nitrogens is 1. The molecule has 0 spiro atoms. The fraction of sp³-hybridized carbons (Fsp3) is 0.500. The lowest BCUT2D eigenvalue weighted by molar-refractivity contribution is 0.148. The first kappa shape index (κ1) is 8.63. The Morgan fingerprint density at radius 3 is 2.62 bits per heavy atom. The highest BCUT2D eigenvalue weighted by molar-refractivity contribution is 5.26. The Bertz CT molecular complexity index is 303. The lowest BCUT2D eigenvalue weighted by atomic mass is 9.96. The van der Waals surface area contributed by atoms with Crippen LogP contribution in [0.3, 0.4) is 0 Å². The van der Waals surface area contributed by atoms with E-state index in [0.717, 1.165) is 18.5 Å². The van der Waals surface area contributed by atoms with Gasteiger partial charge in [0.15, 0.2) is 0 Å². The fourth-order valence-electron chi connectivity index (χ4n) is 1.69. The quantitative estimate of drug-likeness (QED) is 0.752. The van der Waals surface area contributed by atoms with Crippen molar-refractivity contribution in [2.45, 2.75) is 31.3 Å². The molecule has 1 aliphatic rings. The molecule has 1 heterocycles. The maximum Gasteiger partial charge on any atom is 0.141 e. The van der Waals surface area contributed by atoms with E-state index in [9.17, 15) is 9.50 Å². The molecule has 1 aliphatic carbocycles. The first-order valence-corrected chi connectivity index (χ1v) is 4.45. The van der Waals surface area contributed by atoms with Gasteiger partial charge in [-0.05, 0) is 31.9 Å². The van der Waals surface area contributed by atoms with Gasteiger partial charge in [-0.15, -0.1) is 0 Å². The SMILES string of the molecule is CC(O)C1(c2ccc(F)cn2)CC1. The first-order valence-electron chi connectivity index (χ1n) is 4.45. The zero-order valence-corrected chi connectivity index (χ0v) is 7.50. The summed E-state index contributed by atoms with van der Waals surface area (Å²) in [4.78, 5) is 4.00. The van der Waals surface area contributed by atoms with Crippen LogP contribution in [0.5, 0.6) is 0 Å². The van der Waals surface area contributed by atoms with E-state index < -0.39 is 6.10 Å². The number of aliphatic hydroxyl groups is 1. The van der Waals surface area contributed by atoms with E-state index >= 15 is 0 Å². The topological polar surface area (TPSA) is 33.1 Å². The Hall–Kier alpha value is -0.960. The number of hydrogen-bond donors (Lipinski definition) is 1. The van der Waals surface area contributed by atoms with E-state index in [-0.39, 0.29) is 11.2 Å². The zero-order valence-electron chi connectivity index (χ0n) is 7.50. The molecule has 2 rings (SSSR count). The summed E-state index contributed by atoms with van der Waals surface area (Å²) in [6.07, 6.45) is 2.70. The van der Waals surface area contributed by atoms with Gasteiger partial charge in [-0.3, -0.25) is 4.98 Å². The molecular weight excluding hydrogens is 169 g/mol. The number of halogens is 1. The van der Waals surface area contributed by atoms with Crippen molar-refractivity contribution in [2.75, 3.05) is 0 Å². The van der Waals surface area contributed by atoms with Gasteiger partial charge in [0.2, 0.25) is 0 Å². The Morgan fingerprint density at radius 2 is 2.23 bits per heavy atom. The minimum absolute atomic E-state index is 0.187. The van der Waals surface area contributed by atoms with E-state index in [4.69, 9.17) is 0 Å². The maximum atomic E-state index is 12.6. The van der Waals surface area contributed by atoms with Crippen molar-refractivity contribution in [2.24, 2.45) is 0 Å². The molecule has 1 fully saturated rings. The molecule has 1 unspecified atom stereocenters. The number of hydrogen-bond acceptors (Lipinski definition) is 2. The second-order valence-corrected chi connectivity index (χ2v) is 3.69. The summed E-state index contributed by atoms with van der Waals surface area (Å²) < 4.78 is 12.6. The molecule has 0 bridgehead atoms. The van der Waals surface area contributed by atoms with E-state index in [2.05, 4.69) is 4.98 Å². The molecule has 13 heavy (non-hydrogen) atoms. The van der Waals surface area contributed by atoms with E-state index in [0.29, 0.717) is 0 Å². The van der Waals surface area contributed by atoms with Gasteiger partial charge in [0.05, 0.1) is 12.3 Å². The summed E-state index contributed by atoms with van der Waals surface area (Å²) in [5.41, 5.74) is 0.622. The van der Waals surface area contributed by atoms with Crippen molar-refractivity contribution in [1.29, 1.82) is 0 Å². The fourth-order valence-corrected chi connectivity index (χ4v) is 1.69. The van der Waals surface area contributed by atoms with Gasteiger partial charge < -0.3 is 5.11 Å². The molecule has 1 aromatic heterocycles. The molecular formula is C10H12FNO. The Labute approximate surface area is 76.4 Å². The summed E-state index contributed by atoms with van der Waals surface area (Å²) in [7, 11) is 0. The summed E-state index contributed by atoms with van der Waals surface area (Å²) in [5, 5.41) is 9.53. The minimum Gasteiger partial charge on any atom is -0.392 e. The van der Waals surface area contributed by atoms with E-state index in [1.54, 1.807) is 13.0 Å². The van der Waals surface area contributed by atoms with Gasteiger partial charge in [-0.25, -0.2) is 4.39 Å². The lowest BCUT2D eigenvalue weighted by Crippen LogP contribution is -2.23. The Balaban J connectivity index is 2.31. The van der Waals surface area contributed by atoms with Gasteiger partial charge in [0, 0.05) is 11.1 Å². The minimum atomic E-state index is -0.398. The number of nitrogens with zero attached hydrogens (tertiary/aromatic N) is 1. The molecule has 1 N–H and O–H groups in total. The van der Waals surface area contributed by atoms with Crippen LogP contribution >= 0.6 is 0 Å². The molecule has 0 radical (unpaired) electrons. The van der Waals surface area contributed by atoms with Crippen molar-refractivity contribution in [3.05, 3.63) is 29.8 Å². The van der Waals surface area contributed by atoms with Crippen LogP contribution in [0, 0.1) is 5.82 Å². The monoisotopic (exact) mass is 181 g/mol. The largest absolute Gasteiger partial charge is 0.392 e. The molecule has 1 atom stereocenters. The maximum absolute atomic E-state index is 12.6. The van der Waals surface area contributed by atoms with Crippen LogP contribution < -0.4 is 0 Å². The molecule has 0 aromatic carbocycles. The normalized spacial score (nSPS) is 21.2. The van der Waals surface area contributed by atoms with Crippen molar-refractivity contribution in [3.63, 3.8) is 0 Å². The lowest BCUT2D eigenvalue weighted by Gasteiger charge is -2.17. The third kappa shape index (κ3) is 1.33. The van der Waals surface area contributed by atoms with Gasteiger partial charge in [-0.1, -0.05) is 0 Å². The molecule has 3 heteroatoms. The van der Waals surface area contributed by atoms with Crippen molar-refractivity contribution < 1.29 is 9.50 Å². The summed E-state index contributed by atoms with van der Waals surface area (Å²) >= 11 is 0. The molecule has 1 saturated carbocycles. The van der Waals surface area contributed by atoms with Crippen molar-refractivity contribution in [3.8, 4) is 0 Å². The molecule has 2 nitrogen and oxygen atoms in total. The van der Waals surface area contributed by atoms with Gasteiger partial charge >= 0.3 is 0 Å². The Kier molecular flexibility index (Phi) is 1.84. The highest BCUT2D eigenvalue weighted by atomic mass is 19.1. The average Bonchev–Trinajstić information content (AvgIpc) is 2.86. The van der Waals surface area contributed by atoms with Gasteiger partial charge in [0.1, 0.15) is 5.82 Å². The molecule has 70 valence electrons. The first-order chi connectivity index (χ1) is 6.15. The number of pyridine rings is 1. The standard InChI is InChI=1S/C10H12FNO/c1-7(13)10(4-5-10)9-3-2-8(11)6-12-9/h2-3,6-7,13H,4-5H2,1H3. The van der Waals surface area contributed by atoms with Crippen LogP contribution in [-0.2, 0) is 5.41 Å². The van der Waals surface area contributed by atoms with Crippen LogP contribution in [0.4, 0.5) is 4.39 Å². The molecule has 0 saturated heterocycles. The van der Waals surface area contributed by atoms with Crippen LogP contribution in [0.15, 0.2) is 18.3 Å². The zero-order chi connectivity index (χ0) is 9.47. The Morgan fingerprint density at radius 1 is 1.54 bits per heavy atom. The van der Waals surface area contributed by atoms with Gasteiger partial charge in [0.25, 0.3) is 0 Å². The summed E-state index contributed by atoms with van der Waals surface area (Å²) in [6, 6.07) is 3.06. The molecule has 0 aliphatic heterocycles. The third-order valence-electron chi connectivity index (χ3n) is 2.83. The van der Waals surface area contributed by atoms with Crippen LogP contribution in [0.25, 0.3) is 0 Å². The third-order valence-corrected chi connectivity index (χ3v) is 2.83. The van der Waals surface area contributed by atoms with E-state index in [1.165, 1.54) is 12.3 Å². The number of aliphatic hydroxyl groups excluding tert-OH is 1. The summed E-state index contributed by atoms with van der Waals surface area (Å²) in [6.45, 7) is 1.76. The predicted octanol–water partition coefficient (Wildman–Crippen LogP) is 1.63. The van der Waals surface area contributed by atoms with Crippen LogP contribution in [-0.4, -0.2) is 16.2 Å². The molecule has 1 aromatic rings. The molecule has 0 amide bonds. The van der Waals surface area contributed by atoms with E-state index in [1.807, 2.05) is 0 Å². The highest BCUT2D eigenvalue weighted by Gasteiger charge is 2.49. The number of rotatable bonds is 2. The second kappa shape index (κ2) is 2.77. The highest BCUT2D eigenvalue weighted by Crippen LogP contribution is 2.49. The predicted molar refractivity (Wildman–Crippen MR) is 46.8 cm³/mol. The smallest absolute Gasteiger partial charge is 0.141 e. The second-order valence-electron chi connectivity index (χ2n) is 3.69. The van der Waals surface area contributed by atoms with Crippen molar-refractivity contribution >= 4 is 0 Å². The van der Waals surface area contributed by atoms with Crippen molar-refractivity contribution in [1.82, 2.24) is 4.98 Å². The van der Waals surface area contributed by atoms with Crippen LogP contribution in [0.1, 0.15) is 25.5 Å². The van der Waals surface area contributed by atoms with Gasteiger partial charge in [-0.2, -0.15) is 0 Å². The average molecular weight is 181 g/mol. The summed E-state index contributed by atoms with van der Waals surface area (Å²) in [5.74, 6) is -0.329.